The molecule has 0 radical (unpaired) electrons. The fraction of sp³-hybridized carbons (Fsp3) is 0.118. The van der Waals surface area contributed by atoms with E-state index in [-0.39, 0.29) is 5.97 Å². The van der Waals surface area contributed by atoms with Crippen molar-refractivity contribution in [2.45, 2.75) is 6.92 Å². The van der Waals surface area contributed by atoms with E-state index in [2.05, 4.69) is 28.4 Å². The SMILES string of the molecule is CCOC(=O)/C(=C/[Te]c1ccccc1)[Te]c1ccccc1. The molecular weight excluding hydrogens is 491 g/mol. The van der Waals surface area contributed by atoms with Crippen LogP contribution in [0.15, 0.2) is 68.4 Å². The normalized spacial score (nSPS) is 11.2. The van der Waals surface area contributed by atoms with E-state index in [4.69, 9.17) is 4.74 Å². The number of hydrogen-bond acceptors (Lipinski definition) is 2. The maximum absolute atomic E-state index is 12.1. The Kier molecular flexibility index (Phi) is 7.34. The first-order chi connectivity index (χ1) is 10.3. The minimum absolute atomic E-state index is 0.134. The quantitative estimate of drug-likeness (QED) is 0.336. The van der Waals surface area contributed by atoms with Gasteiger partial charge in [-0.25, -0.2) is 0 Å². The van der Waals surface area contributed by atoms with Crippen molar-refractivity contribution in [2.24, 2.45) is 0 Å². The van der Waals surface area contributed by atoms with Crippen LogP contribution < -0.4 is 7.22 Å². The second-order valence-electron chi connectivity index (χ2n) is 4.05. The third-order valence-electron chi connectivity index (χ3n) is 2.49. The second kappa shape index (κ2) is 9.29. The van der Waals surface area contributed by atoms with Gasteiger partial charge in [0.05, 0.1) is 0 Å². The van der Waals surface area contributed by atoms with Crippen LogP contribution in [0.3, 0.4) is 0 Å². The van der Waals surface area contributed by atoms with Gasteiger partial charge >= 0.3 is 147 Å². The van der Waals surface area contributed by atoms with Crippen LogP contribution in [0.1, 0.15) is 6.92 Å². The van der Waals surface area contributed by atoms with Crippen LogP contribution in [-0.2, 0) is 9.53 Å². The molecule has 0 atom stereocenters. The molecule has 0 aromatic heterocycles. The molecule has 0 saturated heterocycles. The van der Waals surface area contributed by atoms with E-state index in [1.807, 2.05) is 43.3 Å². The molecule has 0 spiro atoms. The Hall–Kier alpha value is -0.771. The van der Waals surface area contributed by atoms with Gasteiger partial charge in [0.2, 0.25) is 0 Å². The average molecular weight is 508 g/mol. The van der Waals surface area contributed by atoms with Crippen LogP contribution in [0.25, 0.3) is 0 Å². The van der Waals surface area contributed by atoms with E-state index >= 15 is 0 Å². The average Bonchev–Trinajstić information content (AvgIpc) is 2.53. The summed E-state index contributed by atoms with van der Waals surface area (Å²) in [6.45, 7) is 2.29. The van der Waals surface area contributed by atoms with E-state index in [1.165, 1.54) is 7.22 Å². The van der Waals surface area contributed by atoms with Crippen molar-refractivity contribution in [2.75, 3.05) is 6.61 Å². The zero-order valence-corrected chi connectivity index (χ0v) is 16.4. The van der Waals surface area contributed by atoms with Crippen molar-refractivity contribution >= 4 is 55.0 Å². The van der Waals surface area contributed by atoms with Gasteiger partial charge in [0.1, 0.15) is 0 Å². The van der Waals surface area contributed by atoms with E-state index in [9.17, 15) is 4.79 Å². The zero-order valence-electron chi connectivity index (χ0n) is 11.7. The molecule has 4 heteroatoms. The first kappa shape index (κ1) is 16.6. The molecule has 0 saturated carbocycles. The van der Waals surface area contributed by atoms with Crippen LogP contribution >= 0.6 is 0 Å². The number of ether oxygens (including phenoxy) is 1. The molecule has 21 heavy (non-hydrogen) atoms. The van der Waals surface area contributed by atoms with Crippen molar-refractivity contribution in [1.29, 1.82) is 0 Å². The van der Waals surface area contributed by atoms with Crippen molar-refractivity contribution in [3.8, 4) is 0 Å². The van der Waals surface area contributed by atoms with Crippen LogP contribution in [0.4, 0.5) is 0 Å². The Labute approximate surface area is 145 Å². The molecule has 0 aliphatic heterocycles. The summed E-state index contributed by atoms with van der Waals surface area (Å²) < 4.78 is 10.9. The molecule has 108 valence electrons. The summed E-state index contributed by atoms with van der Waals surface area (Å²) >= 11 is -1.15. The number of rotatable bonds is 6. The van der Waals surface area contributed by atoms with Crippen molar-refractivity contribution < 1.29 is 9.53 Å². The molecule has 0 amide bonds. The monoisotopic (exact) mass is 512 g/mol. The van der Waals surface area contributed by atoms with Gasteiger partial charge in [-0.1, -0.05) is 0 Å². The van der Waals surface area contributed by atoms with Gasteiger partial charge in [-0.15, -0.1) is 0 Å². The van der Waals surface area contributed by atoms with Gasteiger partial charge in [-0.05, 0) is 0 Å². The van der Waals surface area contributed by atoms with Crippen LogP contribution in [-0.4, -0.2) is 54.4 Å². The van der Waals surface area contributed by atoms with Crippen molar-refractivity contribution in [1.82, 2.24) is 0 Å². The Morgan fingerprint density at radius 2 is 1.57 bits per heavy atom. The molecule has 0 bridgehead atoms. The molecule has 2 nitrogen and oxygen atoms in total. The van der Waals surface area contributed by atoms with Crippen molar-refractivity contribution in [3.05, 3.63) is 68.4 Å². The predicted molar refractivity (Wildman–Crippen MR) is 88.4 cm³/mol. The second-order valence-corrected chi connectivity index (χ2v) is 9.92. The summed E-state index contributed by atoms with van der Waals surface area (Å²) in [5.41, 5.74) is 0. The summed E-state index contributed by atoms with van der Waals surface area (Å²) in [7, 11) is 0. The molecule has 0 aliphatic carbocycles. The molecule has 0 heterocycles. The standard InChI is InChI=1S/C17H16O2Te2/c1-2-19-17(18)16(21-15-11-7-4-8-12-15)13-20-14-9-5-3-6-10-14/h3-13H,2H2,1H3/b16-13-. The minimum atomic E-state index is -0.673. The van der Waals surface area contributed by atoms with Gasteiger partial charge in [-0.3, -0.25) is 0 Å². The molecule has 0 fully saturated rings. The Morgan fingerprint density at radius 3 is 2.14 bits per heavy atom. The first-order valence-corrected chi connectivity index (χ1v) is 11.5. The topological polar surface area (TPSA) is 26.3 Å². The Morgan fingerprint density at radius 1 is 1.00 bits per heavy atom. The molecule has 0 N–H and O–H groups in total. The number of esters is 1. The first-order valence-electron chi connectivity index (χ1n) is 6.61. The summed E-state index contributed by atoms with van der Waals surface area (Å²) in [6, 6.07) is 20.6. The van der Waals surface area contributed by atoms with Gasteiger partial charge in [0.25, 0.3) is 0 Å². The van der Waals surface area contributed by atoms with E-state index in [1.54, 1.807) is 0 Å². The maximum atomic E-state index is 12.1. The van der Waals surface area contributed by atoms with Gasteiger partial charge < -0.3 is 0 Å². The predicted octanol–water partition coefficient (Wildman–Crippen LogP) is 1.45. The van der Waals surface area contributed by atoms with Crippen LogP contribution in [0, 0.1) is 0 Å². The fourth-order valence-electron chi connectivity index (χ4n) is 1.55. The van der Waals surface area contributed by atoms with Crippen molar-refractivity contribution in [3.63, 3.8) is 0 Å². The molecule has 0 aliphatic rings. The van der Waals surface area contributed by atoms with E-state index in [0.29, 0.717) is 6.61 Å². The Balaban J connectivity index is 2.13. The van der Waals surface area contributed by atoms with Crippen LogP contribution in [0.5, 0.6) is 0 Å². The third-order valence-corrected chi connectivity index (χ3v) is 9.39. The molecule has 2 rings (SSSR count). The summed E-state index contributed by atoms with van der Waals surface area (Å²) in [6.07, 6.45) is 0. The third kappa shape index (κ3) is 5.85. The number of carbonyl (C=O) groups excluding carboxylic acids is 1. The van der Waals surface area contributed by atoms with E-state index in [0.717, 1.165) is 3.62 Å². The zero-order chi connectivity index (χ0) is 14.9. The van der Waals surface area contributed by atoms with Crippen LogP contribution in [0.2, 0.25) is 0 Å². The number of benzene rings is 2. The van der Waals surface area contributed by atoms with E-state index < -0.39 is 41.8 Å². The summed E-state index contributed by atoms with van der Waals surface area (Å²) in [5, 5.41) is 0. The number of carbonyl (C=O) groups is 1. The molecule has 2 aromatic carbocycles. The Bertz CT molecular complexity index is 595. The number of hydrogen-bond donors (Lipinski definition) is 0. The van der Waals surface area contributed by atoms with Gasteiger partial charge in [-0.2, -0.15) is 0 Å². The molecule has 2 aromatic rings. The van der Waals surface area contributed by atoms with Gasteiger partial charge in [0.15, 0.2) is 0 Å². The fourth-order valence-corrected chi connectivity index (χ4v) is 7.36. The molecule has 0 unspecified atom stereocenters. The summed E-state index contributed by atoms with van der Waals surface area (Å²) in [5.74, 6) is -0.134. The summed E-state index contributed by atoms with van der Waals surface area (Å²) in [4.78, 5) is 12.1. The molecular formula is C17H16O2Te2. The van der Waals surface area contributed by atoms with Gasteiger partial charge in [0, 0.05) is 0 Å².